The van der Waals surface area contributed by atoms with E-state index in [2.05, 4.69) is 33.2 Å². The van der Waals surface area contributed by atoms with Crippen molar-refractivity contribution in [3.63, 3.8) is 0 Å². The van der Waals surface area contributed by atoms with Crippen molar-refractivity contribution in [2.75, 3.05) is 6.54 Å². The summed E-state index contributed by atoms with van der Waals surface area (Å²) in [6.07, 6.45) is 2.45. The Hall–Kier alpha value is -3.49. The van der Waals surface area contributed by atoms with E-state index in [0.717, 1.165) is 18.5 Å². The second kappa shape index (κ2) is 7.58. The van der Waals surface area contributed by atoms with Crippen LogP contribution in [-0.4, -0.2) is 31.1 Å². The number of nitrogens with zero attached hydrogens (tertiary/aromatic N) is 4. The van der Waals surface area contributed by atoms with Gasteiger partial charge in [0.15, 0.2) is 5.76 Å². The highest BCUT2D eigenvalue weighted by molar-refractivity contribution is 7.17. The Morgan fingerprint density at radius 1 is 1.06 bits per heavy atom. The third kappa shape index (κ3) is 3.19. The lowest BCUT2D eigenvalue weighted by molar-refractivity contribution is 0.205. The molecule has 0 fully saturated rings. The predicted molar refractivity (Wildman–Crippen MR) is 119 cm³/mol. The summed E-state index contributed by atoms with van der Waals surface area (Å²) in [4.78, 5) is 8.06. The fourth-order valence-corrected chi connectivity index (χ4v) is 5.50. The molecule has 3 aromatic heterocycles. The van der Waals surface area contributed by atoms with Gasteiger partial charge in [-0.25, -0.2) is 4.39 Å². The summed E-state index contributed by atoms with van der Waals surface area (Å²) in [5.74, 6) is 0.667. The zero-order valence-electron chi connectivity index (χ0n) is 17.0. The molecular weight excluding hydrogens is 427 g/mol. The summed E-state index contributed by atoms with van der Waals surface area (Å²) in [5.41, 5.74) is 3.37. The SMILES string of the molecule is Oc1c(C(c2cccc(F)c2)N2CCc3ccccc3C2)sc2nc(-c3ccco3)nn12. The summed E-state index contributed by atoms with van der Waals surface area (Å²) >= 11 is 1.36. The minimum Gasteiger partial charge on any atom is -0.492 e. The van der Waals surface area contributed by atoms with Crippen molar-refractivity contribution in [3.05, 3.63) is 94.3 Å². The lowest BCUT2D eigenvalue weighted by Gasteiger charge is -2.35. The second-order valence-corrected chi connectivity index (χ2v) is 8.85. The molecule has 0 bridgehead atoms. The van der Waals surface area contributed by atoms with Crippen LogP contribution in [0.15, 0.2) is 71.3 Å². The normalized spacial score (nSPS) is 15.2. The Balaban J connectivity index is 1.45. The Morgan fingerprint density at radius 3 is 2.72 bits per heavy atom. The minimum atomic E-state index is -0.320. The molecule has 160 valence electrons. The minimum absolute atomic E-state index is 0.0171. The number of thiazole rings is 1. The highest BCUT2D eigenvalue weighted by atomic mass is 32.1. The molecule has 2 aromatic carbocycles. The van der Waals surface area contributed by atoms with Gasteiger partial charge in [0.25, 0.3) is 0 Å². The first-order chi connectivity index (χ1) is 15.7. The molecule has 4 heterocycles. The zero-order valence-corrected chi connectivity index (χ0v) is 17.8. The number of furan rings is 1. The number of hydrogen-bond acceptors (Lipinski definition) is 6. The summed E-state index contributed by atoms with van der Waals surface area (Å²) < 4.78 is 21.0. The van der Waals surface area contributed by atoms with Gasteiger partial charge in [0.1, 0.15) is 5.82 Å². The third-order valence-corrected chi connectivity index (χ3v) is 6.95. The first-order valence-corrected chi connectivity index (χ1v) is 11.2. The molecule has 0 saturated heterocycles. The van der Waals surface area contributed by atoms with Gasteiger partial charge in [-0.05, 0) is 47.4 Å². The van der Waals surface area contributed by atoms with E-state index in [1.54, 1.807) is 24.5 Å². The molecule has 1 aliphatic rings. The molecule has 0 aliphatic carbocycles. The Kier molecular flexibility index (Phi) is 4.55. The fraction of sp³-hybridized carbons (Fsp3) is 0.167. The predicted octanol–water partition coefficient (Wildman–Crippen LogP) is 5.04. The zero-order chi connectivity index (χ0) is 21.7. The van der Waals surface area contributed by atoms with E-state index in [9.17, 15) is 9.50 Å². The third-order valence-electron chi connectivity index (χ3n) is 5.88. The molecule has 0 saturated carbocycles. The van der Waals surface area contributed by atoms with E-state index in [-0.39, 0.29) is 17.7 Å². The maximum Gasteiger partial charge on any atom is 0.230 e. The van der Waals surface area contributed by atoms with Crippen LogP contribution < -0.4 is 0 Å². The average molecular weight is 447 g/mol. The van der Waals surface area contributed by atoms with Crippen LogP contribution in [0.2, 0.25) is 0 Å². The molecule has 5 aromatic rings. The van der Waals surface area contributed by atoms with Crippen LogP contribution in [-0.2, 0) is 13.0 Å². The molecule has 6 rings (SSSR count). The molecule has 32 heavy (non-hydrogen) atoms. The Labute approximate surface area is 187 Å². The maximum atomic E-state index is 14.2. The molecule has 1 atom stereocenters. The summed E-state index contributed by atoms with van der Waals surface area (Å²) in [7, 11) is 0. The van der Waals surface area contributed by atoms with Crippen molar-refractivity contribution >= 4 is 16.3 Å². The van der Waals surface area contributed by atoms with Gasteiger partial charge in [0.2, 0.25) is 16.7 Å². The molecule has 8 heteroatoms. The first kappa shape index (κ1) is 19.2. The van der Waals surface area contributed by atoms with Crippen LogP contribution in [0.3, 0.4) is 0 Å². The van der Waals surface area contributed by atoms with Gasteiger partial charge in [-0.2, -0.15) is 9.50 Å². The maximum absolute atomic E-state index is 14.2. The largest absolute Gasteiger partial charge is 0.492 e. The van der Waals surface area contributed by atoms with Gasteiger partial charge >= 0.3 is 0 Å². The van der Waals surface area contributed by atoms with Crippen molar-refractivity contribution in [1.82, 2.24) is 19.5 Å². The summed E-state index contributed by atoms with van der Waals surface area (Å²) in [5, 5.41) is 15.6. The van der Waals surface area contributed by atoms with Crippen LogP contribution in [0.4, 0.5) is 4.39 Å². The van der Waals surface area contributed by atoms with Crippen LogP contribution in [0.25, 0.3) is 16.5 Å². The average Bonchev–Trinajstić information content (AvgIpc) is 3.53. The number of hydrogen-bond donors (Lipinski definition) is 1. The molecule has 0 amide bonds. The van der Waals surface area contributed by atoms with Crippen molar-refractivity contribution in [1.29, 1.82) is 0 Å². The van der Waals surface area contributed by atoms with Gasteiger partial charge in [0, 0.05) is 13.1 Å². The summed E-state index contributed by atoms with van der Waals surface area (Å²) in [6.45, 7) is 1.50. The van der Waals surface area contributed by atoms with E-state index in [4.69, 9.17) is 4.42 Å². The van der Waals surface area contributed by atoms with E-state index in [1.165, 1.54) is 39.1 Å². The molecule has 0 radical (unpaired) electrons. The van der Waals surface area contributed by atoms with Gasteiger partial charge in [0.05, 0.1) is 17.2 Å². The first-order valence-electron chi connectivity index (χ1n) is 10.4. The van der Waals surface area contributed by atoms with Crippen LogP contribution in [0, 0.1) is 5.82 Å². The van der Waals surface area contributed by atoms with Gasteiger partial charge in [-0.3, -0.25) is 4.90 Å². The van der Waals surface area contributed by atoms with E-state index in [1.807, 2.05) is 12.1 Å². The van der Waals surface area contributed by atoms with E-state index >= 15 is 0 Å². The van der Waals surface area contributed by atoms with E-state index < -0.39 is 0 Å². The highest BCUT2D eigenvalue weighted by Gasteiger charge is 2.32. The second-order valence-electron chi connectivity index (χ2n) is 7.84. The Bertz CT molecular complexity index is 1410. The lowest BCUT2D eigenvalue weighted by Crippen LogP contribution is -2.34. The van der Waals surface area contributed by atoms with Crippen molar-refractivity contribution in [2.45, 2.75) is 19.0 Å². The van der Waals surface area contributed by atoms with Crippen LogP contribution in [0.1, 0.15) is 27.6 Å². The van der Waals surface area contributed by atoms with Crippen LogP contribution >= 0.6 is 11.3 Å². The van der Waals surface area contributed by atoms with E-state index in [0.29, 0.717) is 28.0 Å². The Morgan fingerprint density at radius 2 is 1.94 bits per heavy atom. The van der Waals surface area contributed by atoms with Crippen molar-refractivity contribution in [3.8, 4) is 17.5 Å². The topological polar surface area (TPSA) is 66.8 Å². The molecule has 0 spiro atoms. The summed E-state index contributed by atoms with van der Waals surface area (Å²) in [6, 6.07) is 18.2. The fourth-order valence-electron chi connectivity index (χ4n) is 4.38. The van der Waals surface area contributed by atoms with Crippen LogP contribution in [0.5, 0.6) is 5.88 Å². The number of halogens is 1. The molecule has 1 N–H and O–H groups in total. The van der Waals surface area contributed by atoms with Gasteiger partial charge in [-0.1, -0.05) is 47.7 Å². The molecular formula is C24H19FN4O2S. The number of aromatic hydroxyl groups is 1. The standard InChI is InChI=1S/C24H19FN4O2S/c25-18-8-3-7-16(13-18)20(28-11-10-15-5-1-2-6-17(15)14-28)21-23(30)29-24(32-21)26-22(27-29)19-9-4-12-31-19/h1-9,12-13,20,30H,10-11,14H2. The quantitative estimate of drug-likeness (QED) is 0.419. The van der Waals surface area contributed by atoms with Gasteiger partial charge < -0.3 is 9.52 Å². The smallest absolute Gasteiger partial charge is 0.230 e. The number of aromatic nitrogens is 3. The lowest BCUT2D eigenvalue weighted by atomic mass is 9.95. The molecule has 1 aliphatic heterocycles. The number of rotatable bonds is 4. The number of benzene rings is 2. The highest BCUT2D eigenvalue weighted by Crippen LogP contribution is 2.42. The van der Waals surface area contributed by atoms with Crippen molar-refractivity contribution in [2.24, 2.45) is 0 Å². The van der Waals surface area contributed by atoms with Crippen molar-refractivity contribution < 1.29 is 13.9 Å². The van der Waals surface area contributed by atoms with Gasteiger partial charge in [-0.15, -0.1) is 5.10 Å². The number of fused-ring (bicyclic) bond motifs is 2. The monoisotopic (exact) mass is 446 g/mol. The molecule has 1 unspecified atom stereocenters. The molecule has 6 nitrogen and oxygen atoms in total.